The van der Waals surface area contributed by atoms with Crippen molar-refractivity contribution in [2.45, 2.75) is 51.0 Å². The topological polar surface area (TPSA) is 78.3 Å². The summed E-state index contributed by atoms with van der Waals surface area (Å²) in [5, 5.41) is 0. The molecule has 1 amide bonds. The summed E-state index contributed by atoms with van der Waals surface area (Å²) in [7, 11) is 0. The van der Waals surface area contributed by atoms with E-state index in [-0.39, 0.29) is 12.5 Å². The Morgan fingerprint density at radius 2 is 2.06 bits per heavy atom. The Labute approximate surface area is 97.7 Å². The quantitative estimate of drug-likeness (QED) is 0.582. The summed E-state index contributed by atoms with van der Waals surface area (Å²) in [5.41, 5.74) is 10.4. The lowest BCUT2D eigenvalue weighted by atomic mass is 9.95. The first-order valence-electron chi connectivity index (χ1n) is 6.27. The summed E-state index contributed by atoms with van der Waals surface area (Å²) < 4.78 is 5.48. The highest BCUT2D eigenvalue weighted by molar-refractivity contribution is 5.85. The van der Waals surface area contributed by atoms with Crippen molar-refractivity contribution in [3.8, 4) is 0 Å². The highest BCUT2D eigenvalue weighted by Gasteiger charge is 2.47. The number of carbonyl (C=O) groups excluding carboxylic acids is 1. The number of hydrogen-bond acceptors (Lipinski definition) is 3. The molecule has 94 valence electrons. The van der Waals surface area contributed by atoms with Gasteiger partial charge in [-0.25, -0.2) is 0 Å². The lowest BCUT2D eigenvalue weighted by Gasteiger charge is -2.25. The lowest BCUT2D eigenvalue weighted by Crippen LogP contribution is -2.57. The van der Waals surface area contributed by atoms with E-state index < -0.39 is 11.4 Å². The zero-order valence-electron chi connectivity index (χ0n) is 10.2. The van der Waals surface area contributed by atoms with Crippen LogP contribution < -0.4 is 11.5 Å². The predicted octanol–water partition coefficient (Wildman–Crippen LogP) is 1.18. The van der Waals surface area contributed by atoms with Crippen molar-refractivity contribution in [1.29, 1.82) is 0 Å². The lowest BCUT2D eigenvalue weighted by molar-refractivity contribution is -0.126. The summed E-state index contributed by atoms with van der Waals surface area (Å²) >= 11 is 0. The van der Waals surface area contributed by atoms with Gasteiger partial charge in [-0.05, 0) is 25.2 Å². The van der Waals surface area contributed by atoms with Crippen LogP contribution in [0.15, 0.2) is 0 Å². The molecule has 0 aromatic rings. The van der Waals surface area contributed by atoms with Gasteiger partial charge in [0.15, 0.2) is 0 Å². The van der Waals surface area contributed by atoms with Gasteiger partial charge in [-0.15, -0.1) is 0 Å². The smallest absolute Gasteiger partial charge is 0.240 e. The van der Waals surface area contributed by atoms with Gasteiger partial charge in [0.1, 0.15) is 5.54 Å². The molecule has 0 spiro atoms. The fourth-order valence-corrected chi connectivity index (χ4v) is 1.86. The zero-order chi connectivity index (χ0) is 12.0. The molecule has 1 fully saturated rings. The fourth-order valence-electron chi connectivity index (χ4n) is 1.86. The largest absolute Gasteiger partial charge is 0.379 e. The van der Waals surface area contributed by atoms with Crippen LogP contribution in [-0.4, -0.2) is 24.7 Å². The van der Waals surface area contributed by atoms with Crippen LogP contribution >= 0.6 is 0 Å². The van der Waals surface area contributed by atoms with Crippen LogP contribution in [0.5, 0.6) is 0 Å². The van der Waals surface area contributed by atoms with Crippen LogP contribution in [0, 0.1) is 5.92 Å². The fraction of sp³-hybridized carbons (Fsp3) is 0.917. The molecule has 1 unspecified atom stereocenters. The molecular weight excluding hydrogens is 204 g/mol. The van der Waals surface area contributed by atoms with E-state index >= 15 is 0 Å². The Kier molecular flexibility index (Phi) is 5.22. The molecule has 0 aromatic carbocycles. The van der Waals surface area contributed by atoms with Crippen LogP contribution in [0.2, 0.25) is 0 Å². The van der Waals surface area contributed by atoms with E-state index in [1.54, 1.807) is 0 Å². The molecule has 1 aliphatic rings. The second-order valence-electron chi connectivity index (χ2n) is 4.79. The van der Waals surface area contributed by atoms with Gasteiger partial charge in [0, 0.05) is 6.61 Å². The van der Waals surface area contributed by atoms with E-state index in [0.717, 1.165) is 19.3 Å². The molecule has 4 heteroatoms. The molecule has 4 N–H and O–H groups in total. The SMILES string of the molecule is CCCCCCOCC(N)(C(N)=O)C1CC1. The molecule has 4 nitrogen and oxygen atoms in total. The third-order valence-corrected chi connectivity index (χ3v) is 3.25. The van der Waals surface area contributed by atoms with Gasteiger partial charge in [-0.2, -0.15) is 0 Å². The average Bonchev–Trinajstić information content (AvgIpc) is 3.06. The maximum atomic E-state index is 11.3. The number of unbranched alkanes of at least 4 members (excludes halogenated alkanes) is 3. The number of carbonyl (C=O) groups is 1. The van der Waals surface area contributed by atoms with Crippen LogP contribution in [0.1, 0.15) is 45.4 Å². The maximum absolute atomic E-state index is 11.3. The van der Waals surface area contributed by atoms with Gasteiger partial charge in [0.25, 0.3) is 0 Å². The molecular formula is C12H24N2O2. The summed E-state index contributed by atoms with van der Waals surface area (Å²) in [5.74, 6) is -0.191. The predicted molar refractivity (Wildman–Crippen MR) is 63.8 cm³/mol. The van der Waals surface area contributed by atoms with Crippen LogP contribution in [0.3, 0.4) is 0 Å². The van der Waals surface area contributed by atoms with Gasteiger partial charge < -0.3 is 16.2 Å². The number of hydrogen-bond donors (Lipinski definition) is 2. The molecule has 0 saturated heterocycles. The van der Waals surface area contributed by atoms with E-state index in [2.05, 4.69) is 6.92 Å². The van der Waals surface area contributed by atoms with Gasteiger partial charge in [0.05, 0.1) is 6.61 Å². The molecule has 16 heavy (non-hydrogen) atoms. The highest BCUT2D eigenvalue weighted by Crippen LogP contribution is 2.38. The van der Waals surface area contributed by atoms with Crippen molar-refractivity contribution >= 4 is 5.91 Å². The standard InChI is InChI=1S/C12H24N2O2/c1-2-3-4-5-8-16-9-12(14,11(13)15)10-6-7-10/h10H,2-9,14H2,1H3,(H2,13,15). The zero-order valence-corrected chi connectivity index (χ0v) is 10.2. The van der Waals surface area contributed by atoms with E-state index in [9.17, 15) is 4.79 Å². The molecule has 1 atom stereocenters. The Balaban J connectivity index is 2.16. The molecule has 0 bridgehead atoms. The summed E-state index contributed by atoms with van der Waals surface area (Å²) in [6, 6.07) is 0. The Hall–Kier alpha value is -0.610. The van der Waals surface area contributed by atoms with Crippen LogP contribution in [0.4, 0.5) is 0 Å². The summed E-state index contributed by atoms with van der Waals surface area (Å²) in [6.07, 6.45) is 6.65. The minimum absolute atomic E-state index is 0.237. The Morgan fingerprint density at radius 3 is 2.56 bits per heavy atom. The van der Waals surface area contributed by atoms with E-state index in [4.69, 9.17) is 16.2 Å². The third kappa shape index (κ3) is 3.76. The van der Waals surface area contributed by atoms with Gasteiger partial charge in [0.2, 0.25) is 5.91 Å². The molecule has 0 radical (unpaired) electrons. The number of primary amides is 1. The monoisotopic (exact) mass is 228 g/mol. The van der Waals surface area contributed by atoms with Crippen molar-refractivity contribution in [3.05, 3.63) is 0 Å². The second kappa shape index (κ2) is 6.21. The molecule has 0 aromatic heterocycles. The summed E-state index contributed by atoms with van der Waals surface area (Å²) in [4.78, 5) is 11.3. The number of nitrogens with two attached hydrogens (primary N) is 2. The Bertz CT molecular complexity index is 229. The second-order valence-corrected chi connectivity index (χ2v) is 4.79. The average molecular weight is 228 g/mol. The van der Waals surface area contributed by atoms with Crippen molar-refractivity contribution in [2.75, 3.05) is 13.2 Å². The molecule has 1 saturated carbocycles. The number of amides is 1. The molecule has 0 aliphatic heterocycles. The maximum Gasteiger partial charge on any atom is 0.240 e. The molecule has 0 heterocycles. The van der Waals surface area contributed by atoms with E-state index in [0.29, 0.717) is 6.61 Å². The highest BCUT2D eigenvalue weighted by atomic mass is 16.5. The first-order valence-corrected chi connectivity index (χ1v) is 6.27. The minimum Gasteiger partial charge on any atom is -0.379 e. The van der Waals surface area contributed by atoms with Gasteiger partial charge in [-0.3, -0.25) is 4.79 Å². The normalized spacial score (nSPS) is 19.4. The van der Waals surface area contributed by atoms with Crippen LogP contribution in [0.25, 0.3) is 0 Å². The van der Waals surface area contributed by atoms with E-state index in [1.165, 1.54) is 19.3 Å². The van der Waals surface area contributed by atoms with Gasteiger partial charge >= 0.3 is 0 Å². The Morgan fingerprint density at radius 1 is 1.38 bits per heavy atom. The van der Waals surface area contributed by atoms with Crippen molar-refractivity contribution < 1.29 is 9.53 Å². The number of rotatable bonds is 9. The minimum atomic E-state index is -0.926. The molecule has 1 aliphatic carbocycles. The summed E-state index contributed by atoms with van der Waals surface area (Å²) in [6.45, 7) is 3.13. The third-order valence-electron chi connectivity index (χ3n) is 3.25. The van der Waals surface area contributed by atoms with Crippen molar-refractivity contribution in [2.24, 2.45) is 17.4 Å². The first-order chi connectivity index (χ1) is 7.61. The van der Waals surface area contributed by atoms with Gasteiger partial charge in [-0.1, -0.05) is 26.2 Å². The van der Waals surface area contributed by atoms with Crippen LogP contribution in [-0.2, 0) is 9.53 Å². The van der Waals surface area contributed by atoms with Crippen molar-refractivity contribution in [1.82, 2.24) is 0 Å². The molecule has 1 rings (SSSR count). The van der Waals surface area contributed by atoms with Crippen molar-refractivity contribution in [3.63, 3.8) is 0 Å². The van der Waals surface area contributed by atoms with E-state index in [1.807, 2.05) is 0 Å². The number of ether oxygens (including phenoxy) is 1. The first kappa shape index (κ1) is 13.5.